The second kappa shape index (κ2) is 8.27. The molecule has 3 rings (SSSR count). The van der Waals surface area contributed by atoms with Crippen molar-refractivity contribution in [3.8, 4) is 0 Å². The van der Waals surface area contributed by atoms with E-state index in [0.29, 0.717) is 0 Å². The summed E-state index contributed by atoms with van der Waals surface area (Å²) in [5.41, 5.74) is 1.87. The van der Waals surface area contributed by atoms with Crippen LogP contribution in [-0.4, -0.2) is 41.1 Å². The predicted octanol–water partition coefficient (Wildman–Crippen LogP) is 2.54. The highest BCUT2D eigenvalue weighted by Gasteiger charge is 2.23. The van der Waals surface area contributed by atoms with E-state index in [0.717, 1.165) is 23.9 Å². The number of carbonyl (C=O) groups excluding carboxylic acids is 1. The number of benzene rings is 1. The normalized spacial score (nSPS) is 20.7. The van der Waals surface area contributed by atoms with Crippen LogP contribution in [-0.2, 0) is 6.42 Å². The predicted molar refractivity (Wildman–Crippen MR) is 102 cm³/mol. The van der Waals surface area contributed by atoms with Crippen molar-refractivity contribution in [2.45, 2.75) is 26.2 Å². The molecule has 138 valence electrons. The van der Waals surface area contributed by atoms with E-state index in [-0.39, 0.29) is 17.2 Å². The lowest BCUT2D eigenvalue weighted by Crippen LogP contribution is -2.36. The Bertz CT molecular complexity index is 780. The maximum absolute atomic E-state index is 12.1. The van der Waals surface area contributed by atoms with E-state index in [1.165, 1.54) is 43.6 Å². The Morgan fingerprint density at radius 3 is 2.69 bits per heavy atom. The summed E-state index contributed by atoms with van der Waals surface area (Å²) >= 11 is 0. The highest BCUT2D eigenvalue weighted by Crippen LogP contribution is 2.27. The third-order valence-corrected chi connectivity index (χ3v) is 5.21. The van der Waals surface area contributed by atoms with E-state index in [1.54, 1.807) is 0 Å². The SMILES string of the molecule is C[C@H]1CN(C)CC[C@H]1CCc1ccc(NC(=O)c2ccc(=O)[nH]n2)cc1. The second-order valence-electron chi connectivity index (χ2n) is 7.28. The Morgan fingerprint density at radius 2 is 2.04 bits per heavy atom. The molecule has 2 heterocycles. The molecule has 26 heavy (non-hydrogen) atoms. The second-order valence-corrected chi connectivity index (χ2v) is 7.28. The number of anilines is 1. The molecule has 1 aromatic carbocycles. The summed E-state index contributed by atoms with van der Waals surface area (Å²) in [6, 6.07) is 10.7. The van der Waals surface area contributed by atoms with Gasteiger partial charge in [-0.3, -0.25) is 9.59 Å². The summed E-state index contributed by atoms with van der Waals surface area (Å²) in [5, 5.41) is 8.79. The number of hydrogen-bond acceptors (Lipinski definition) is 4. The molecule has 0 aliphatic carbocycles. The number of rotatable bonds is 5. The van der Waals surface area contributed by atoms with Gasteiger partial charge in [-0.1, -0.05) is 19.1 Å². The minimum atomic E-state index is -0.339. The van der Waals surface area contributed by atoms with E-state index in [4.69, 9.17) is 0 Å². The van der Waals surface area contributed by atoms with Crippen LogP contribution in [0.15, 0.2) is 41.2 Å². The lowest BCUT2D eigenvalue weighted by molar-refractivity contribution is 0.102. The fourth-order valence-electron chi connectivity index (χ4n) is 3.60. The van der Waals surface area contributed by atoms with Gasteiger partial charge in [0.1, 0.15) is 5.69 Å². The molecule has 6 nitrogen and oxygen atoms in total. The molecule has 1 saturated heterocycles. The number of likely N-dealkylation sites (tertiary alicyclic amines) is 1. The maximum atomic E-state index is 12.1. The minimum absolute atomic E-state index is 0.185. The maximum Gasteiger partial charge on any atom is 0.276 e. The van der Waals surface area contributed by atoms with Crippen molar-refractivity contribution in [1.29, 1.82) is 0 Å². The third-order valence-electron chi connectivity index (χ3n) is 5.21. The lowest BCUT2D eigenvalue weighted by atomic mass is 9.83. The molecule has 0 saturated carbocycles. The first kappa shape index (κ1) is 18.3. The number of piperidine rings is 1. The summed E-state index contributed by atoms with van der Waals surface area (Å²) in [6.45, 7) is 4.73. The largest absolute Gasteiger partial charge is 0.321 e. The lowest BCUT2D eigenvalue weighted by Gasteiger charge is -2.34. The highest BCUT2D eigenvalue weighted by molar-refractivity contribution is 6.02. The number of nitrogens with zero attached hydrogens (tertiary/aromatic N) is 2. The molecule has 6 heteroatoms. The summed E-state index contributed by atoms with van der Waals surface area (Å²) in [4.78, 5) is 25.5. The van der Waals surface area contributed by atoms with Gasteiger partial charge < -0.3 is 10.2 Å². The van der Waals surface area contributed by atoms with Crippen LogP contribution in [0.5, 0.6) is 0 Å². The van der Waals surface area contributed by atoms with Gasteiger partial charge in [-0.05, 0) is 68.5 Å². The third kappa shape index (κ3) is 4.79. The number of carbonyl (C=O) groups is 1. The van der Waals surface area contributed by atoms with Crippen LogP contribution in [0.3, 0.4) is 0 Å². The average molecular weight is 354 g/mol. The van der Waals surface area contributed by atoms with Gasteiger partial charge in [-0.2, -0.15) is 5.10 Å². The van der Waals surface area contributed by atoms with Gasteiger partial charge in [0, 0.05) is 18.3 Å². The van der Waals surface area contributed by atoms with E-state index < -0.39 is 0 Å². The van der Waals surface area contributed by atoms with Crippen LogP contribution >= 0.6 is 0 Å². The number of nitrogens with one attached hydrogen (secondary N) is 2. The molecule has 0 unspecified atom stereocenters. The van der Waals surface area contributed by atoms with Crippen molar-refractivity contribution >= 4 is 11.6 Å². The topological polar surface area (TPSA) is 78.1 Å². The van der Waals surface area contributed by atoms with Crippen LogP contribution in [0.1, 0.15) is 35.8 Å². The van der Waals surface area contributed by atoms with Crippen molar-refractivity contribution in [2.75, 3.05) is 25.5 Å². The molecule has 1 aliphatic rings. The van der Waals surface area contributed by atoms with Crippen LogP contribution in [0, 0.1) is 11.8 Å². The smallest absolute Gasteiger partial charge is 0.276 e. The zero-order valence-electron chi connectivity index (χ0n) is 15.4. The molecule has 2 aromatic rings. The zero-order chi connectivity index (χ0) is 18.5. The first-order chi connectivity index (χ1) is 12.5. The van der Waals surface area contributed by atoms with E-state index in [1.807, 2.05) is 12.1 Å². The van der Waals surface area contributed by atoms with Crippen LogP contribution in [0.25, 0.3) is 0 Å². The van der Waals surface area contributed by atoms with Gasteiger partial charge in [0.25, 0.3) is 11.5 Å². The van der Waals surface area contributed by atoms with Gasteiger partial charge in [0.05, 0.1) is 0 Å². The molecule has 2 N–H and O–H groups in total. The Kier molecular flexibility index (Phi) is 5.83. The Labute approximate surface area is 153 Å². The molecule has 2 atom stereocenters. The molecular weight excluding hydrogens is 328 g/mol. The number of aromatic amines is 1. The van der Waals surface area contributed by atoms with Crippen molar-refractivity contribution in [2.24, 2.45) is 11.8 Å². The van der Waals surface area contributed by atoms with E-state index in [2.05, 4.69) is 46.5 Å². The van der Waals surface area contributed by atoms with Gasteiger partial charge in [0.2, 0.25) is 0 Å². The highest BCUT2D eigenvalue weighted by atomic mass is 16.2. The van der Waals surface area contributed by atoms with Crippen LogP contribution in [0.2, 0.25) is 0 Å². The fourth-order valence-corrected chi connectivity index (χ4v) is 3.60. The van der Waals surface area contributed by atoms with E-state index >= 15 is 0 Å². The average Bonchev–Trinajstić information content (AvgIpc) is 2.63. The summed E-state index contributed by atoms with van der Waals surface area (Å²) in [6.07, 6.45) is 3.55. The minimum Gasteiger partial charge on any atom is -0.321 e. The number of aromatic nitrogens is 2. The number of hydrogen-bond donors (Lipinski definition) is 2. The van der Waals surface area contributed by atoms with Crippen molar-refractivity contribution in [1.82, 2.24) is 15.1 Å². The van der Waals surface area contributed by atoms with Crippen LogP contribution < -0.4 is 10.9 Å². The molecule has 1 amide bonds. The number of amides is 1. The van der Waals surface area contributed by atoms with Crippen molar-refractivity contribution in [3.63, 3.8) is 0 Å². The quantitative estimate of drug-likeness (QED) is 0.865. The fraction of sp³-hybridized carbons (Fsp3) is 0.450. The molecule has 0 bridgehead atoms. The van der Waals surface area contributed by atoms with Crippen molar-refractivity contribution < 1.29 is 4.79 Å². The summed E-state index contributed by atoms with van der Waals surface area (Å²) in [5.74, 6) is 1.20. The molecule has 1 fully saturated rings. The first-order valence-electron chi connectivity index (χ1n) is 9.16. The number of H-pyrrole nitrogens is 1. The van der Waals surface area contributed by atoms with Crippen molar-refractivity contribution in [3.05, 3.63) is 58.0 Å². The van der Waals surface area contributed by atoms with E-state index in [9.17, 15) is 9.59 Å². The Balaban J connectivity index is 1.52. The standard InChI is InChI=1S/C20H26N4O2/c1-14-13-24(2)12-11-16(14)6-3-15-4-7-17(8-5-15)21-20(26)18-9-10-19(25)23-22-18/h4-5,7-10,14,16H,3,6,11-13H2,1-2H3,(H,21,26)(H,23,25)/t14-,16+/m0/s1. The number of aryl methyl sites for hydroxylation is 1. The van der Waals surface area contributed by atoms with Crippen LogP contribution in [0.4, 0.5) is 5.69 Å². The first-order valence-corrected chi connectivity index (χ1v) is 9.16. The summed E-state index contributed by atoms with van der Waals surface area (Å²) in [7, 11) is 2.20. The Morgan fingerprint density at radius 1 is 1.27 bits per heavy atom. The van der Waals surface area contributed by atoms with Gasteiger partial charge in [0.15, 0.2) is 0 Å². The monoisotopic (exact) mass is 354 g/mol. The molecule has 0 spiro atoms. The molecule has 0 radical (unpaired) electrons. The molecule has 1 aliphatic heterocycles. The molecular formula is C20H26N4O2. The van der Waals surface area contributed by atoms with Gasteiger partial charge in [-0.15, -0.1) is 0 Å². The molecule has 1 aromatic heterocycles. The van der Waals surface area contributed by atoms with Gasteiger partial charge in [-0.25, -0.2) is 5.10 Å². The van der Waals surface area contributed by atoms with Gasteiger partial charge >= 0.3 is 0 Å². The summed E-state index contributed by atoms with van der Waals surface area (Å²) < 4.78 is 0. The Hall–Kier alpha value is -2.47. The zero-order valence-corrected chi connectivity index (χ0v) is 15.4.